The summed E-state index contributed by atoms with van der Waals surface area (Å²) in [6.45, 7) is 9.08. The summed E-state index contributed by atoms with van der Waals surface area (Å²) in [6.07, 6.45) is 0.590. The number of rotatable bonds is 4. The number of nitrogens with two attached hydrogens (primary N) is 1. The van der Waals surface area contributed by atoms with Crippen LogP contribution in [0.4, 0.5) is 4.39 Å². The van der Waals surface area contributed by atoms with Crippen LogP contribution in [0.5, 0.6) is 0 Å². The van der Waals surface area contributed by atoms with E-state index in [9.17, 15) is 14.0 Å². The first-order chi connectivity index (χ1) is 14.3. The minimum absolute atomic E-state index is 0.0664. The van der Waals surface area contributed by atoms with Crippen molar-refractivity contribution in [2.45, 2.75) is 31.5 Å². The van der Waals surface area contributed by atoms with E-state index in [-0.39, 0.29) is 36.1 Å². The number of hydrogen-bond acceptors (Lipinski definition) is 4. The first-order valence-corrected chi connectivity index (χ1v) is 9.80. The van der Waals surface area contributed by atoms with E-state index in [2.05, 4.69) is 9.94 Å². The Morgan fingerprint density at radius 2 is 2.20 bits per heavy atom. The molecule has 2 N–H and O–H groups in total. The lowest BCUT2D eigenvalue weighted by molar-refractivity contribution is -0.133. The maximum Gasteiger partial charge on any atom is 0.266 e. The highest BCUT2D eigenvalue weighted by molar-refractivity contribution is 6.31. The van der Waals surface area contributed by atoms with Crippen molar-refractivity contribution in [3.63, 3.8) is 0 Å². The molecule has 2 amide bonds. The normalized spacial score (nSPS) is 20.6. The molecule has 0 spiro atoms. The van der Waals surface area contributed by atoms with Crippen molar-refractivity contribution in [1.82, 2.24) is 14.7 Å². The highest BCUT2D eigenvalue weighted by Gasteiger charge is 2.45. The Morgan fingerprint density at radius 3 is 2.83 bits per heavy atom. The van der Waals surface area contributed by atoms with E-state index in [1.165, 1.54) is 18.2 Å². The minimum Gasteiger partial charge on any atom is -0.373 e. The summed E-state index contributed by atoms with van der Waals surface area (Å²) in [4.78, 5) is 30.4. The third kappa shape index (κ3) is 3.53. The molecule has 2 aliphatic rings. The fourth-order valence-electron chi connectivity index (χ4n) is 3.89. The number of benzene rings is 1. The molecule has 1 aromatic heterocycles. The molecule has 156 valence electrons. The highest BCUT2D eigenvalue weighted by atomic mass is 35.5. The second-order valence-corrected chi connectivity index (χ2v) is 7.92. The first kappa shape index (κ1) is 20.3. The molecule has 1 fully saturated rings. The van der Waals surface area contributed by atoms with E-state index in [4.69, 9.17) is 28.6 Å². The van der Waals surface area contributed by atoms with Gasteiger partial charge in [0.05, 0.1) is 42.4 Å². The van der Waals surface area contributed by atoms with Gasteiger partial charge in [0.1, 0.15) is 24.5 Å². The second-order valence-electron chi connectivity index (χ2n) is 7.52. The summed E-state index contributed by atoms with van der Waals surface area (Å²) >= 11 is 5.88. The van der Waals surface area contributed by atoms with Crippen molar-refractivity contribution >= 4 is 23.4 Å². The average Bonchev–Trinajstić information content (AvgIpc) is 3.34. The molecule has 0 radical (unpaired) electrons. The first-order valence-electron chi connectivity index (χ1n) is 9.42. The van der Waals surface area contributed by atoms with Crippen LogP contribution >= 0.6 is 11.6 Å². The van der Waals surface area contributed by atoms with Gasteiger partial charge in [-0.1, -0.05) is 11.6 Å². The molecule has 3 heterocycles. The standard InChI is InChI=1S/C20H19ClFN5O3/c1-24-20(4-7-30-11-20)9-16(28)26-5-6-27-15(10-26)17(19(23)29)18(25-27)12-2-3-14(22)13(21)8-12/h2-3,8H,4-7,9-11H2,(H2,23,29). The third-order valence-corrected chi connectivity index (χ3v) is 5.86. The average molecular weight is 432 g/mol. The minimum atomic E-state index is -0.822. The molecular weight excluding hydrogens is 413 g/mol. The third-order valence-electron chi connectivity index (χ3n) is 5.57. The van der Waals surface area contributed by atoms with Crippen molar-refractivity contribution in [3.05, 3.63) is 51.7 Å². The van der Waals surface area contributed by atoms with Crippen LogP contribution in [-0.2, 0) is 22.6 Å². The summed E-state index contributed by atoms with van der Waals surface area (Å²) in [6, 6.07) is 4.06. The number of halogens is 2. The molecule has 4 rings (SSSR count). The van der Waals surface area contributed by atoms with Crippen molar-refractivity contribution in [2.24, 2.45) is 5.73 Å². The van der Waals surface area contributed by atoms with Gasteiger partial charge in [0, 0.05) is 12.1 Å². The van der Waals surface area contributed by atoms with Crippen molar-refractivity contribution in [2.75, 3.05) is 19.8 Å². The molecule has 10 heteroatoms. The zero-order valence-electron chi connectivity index (χ0n) is 16.0. The summed E-state index contributed by atoms with van der Waals surface area (Å²) in [5.74, 6) is -1.44. The second kappa shape index (κ2) is 7.70. The maximum absolute atomic E-state index is 13.5. The topological polar surface area (TPSA) is 94.8 Å². The molecule has 1 saturated heterocycles. The predicted molar refractivity (Wildman–Crippen MR) is 106 cm³/mol. The van der Waals surface area contributed by atoms with Crippen LogP contribution in [0, 0.1) is 12.4 Å². The Balaban J connectivity index is 1.64. The van der Waals surface area contributed by atoms with Gasteiger partial charge in [-0.15, -0.1) is 0 Å². The number of primary amides is 1. The van der Waals surface area contributed by atoms with Gasteiger partial charge in [-0.3, -0.25) is 14.3 Å². The van der Waals surface area contributed by atoms with E-state index < -0.39 is 17.3 Å². The van der Waals surface area contributed by atoms with Crippen LogP contribution in [0.15, 0.2) is 18.2 Å². The highest BCUT2D eigenvalue weighted by Crippen LogP contribution is 2.32. The number of hydrogen-bond donors (Lipinski definition) is 1. The van der Waals surface area contributed by atoms with Gasteiger partial charge in [-0.25, -0.2) is 11.0 Å². The smallest absolute Gasteiger partial charge is 0.266 e. The van der Waals surface area contributed by atoms with Gasteiger partial charge in [0.25, 0.3) is 11.4 Å². The van der Waals surface area contributed by atoms with Gasteiger partial charge in [0.2, 0.25) is 5.91 Å². The number of nitrogens with zero attached hydrogens (tertiary/aromatic N) is 4. The van der Waals surface area contributed by atoms with E-state index in [1.54, 1.807) is 9.58 Å². The van der Waals surface area contributed by atoms with Gasteiger partial charge in [-0.05, 0) is 18.2 Å². The number of carbonyl (C=O) groups excluding carboxylic acids is 2. The van der Waals surface area contributed by atoms with Crippen LogP contribution in [0.1, 0.15) is 28.9 Å². The molecule has 1 atom stereocenters. The molecule has 8 nitrogen and oxygen atoms in total. The quantitative estimate of drug-likeness (QED) is 0.751. The largest absolute Gasteiger partial charge is 0.373 e. The maximum atomic E-state index is 13.5. The summed E-state index contributed by atoms with van der Waals surface area (Å²) < 4.78 is 20.5. The lowest BCUT2D eigenvalue weighted by Crippen LogP contribution is -2.42. The predicted octanol–water partition coefficient (Wildman–Crippen LogP) is 2.25. The molecule has 2 aliphatic heterocycles. The van der Waals surface area contributed by atoms with Gasteiger partial charge < -0.3 is 20.2 Å². The molecule has 1 aromatic carbocycles. The van der Waals surface area contributed by atoms with E-state index in [1.807, 2.05) is 0 Å². The number of carbonyl (C=O) groups is 2. The van der Waals surface area contributed by atoms with Crippen LogP contribution in [0.3, 0.4) is 0 Å². The molecule has 1 unspecified atom stereocenters. The Hall–Kier alpha value is -2.96. The zero-order chi connectivity index (χ0) is 21.5. The summed E-state index contributed by atoms with van der Waals surface area (Å²) in [5.41, 5.74) is 6.26. The van der Waals surface area contributed by atoms with Gasteiger partial charge >= 0.3 is 0 Å². The lowest BCUT2D eigenvalue weighted by atomic mass is 9.94. The number of aromatic nitrogens is 2. The summed E-state index contributed by atoms with van der Waals surface area (Å²) in [5, 5.41) is 4.38. The zero-order valence-corrected chi connectivity index (χ0v) is 16.8. The molecule has 0 saturated carbocycles. The molecule has 2 aromatic rings. The van der Waals surface area contributed by atoms with Crippen LogP contribution in [-0.4, -0.2) is 51.8 Å². The Kier molecular flexibility index (Phi) is 5.22. The van der Waals surface area contributed by atoms with E-state index in [0.717, 1.165) is 0 Å². The fourth-order valence-corrected chi connectivity index (χ4v) is 4.07. The van der Waals surface area contributed by atoms with Crippen LogP contribution in [0.2, 0.25) is 5.02 Å². The molecule has 30 heavy (non-hydrogen) atoms. The van der Waals surface area contributed by atoms with E-state index in [0.29, 0.717) is 43.1 Å². The number of amides is 2. The monoisotopic (exact) mass is 431 g/mol. The number of ether oxygens (including phenoxy) is 1. The van der Waals surface area contributed by atoms with Gasteiger partial charge in [0.15, 0.2) is 0 Å². The molecule has 0 bridgehead atoms. The van der Waals surface area contributed by atoms with Crippen molar-refractivity contribution in [3.8, 4) is 11.3 Å². The van der Waals surface area contributed by atoms with Crippen molar-refractivity contribution < 1.29 is 18.7 Å². The fraction of sp³-hybridized carbons (Fsp3) is 0.400. The van der Waals surface area contributed by atoms with E-state index >= 15 is 0 Å². The Morgan fingerprint density at radius 1 is 1.40 bits per heavy atom. The van der Waals surface area contributed by atoms with Crippen LogP contribution < -0.4 is 5.73 Å². The molecular formula is C20H19ClFN5O3. The Labute approximate surface area is 177 Å². The summed E-state index contributed by atoms with van der Waals surface area (Å²) in [7, 11) is 0. The molecule has 0 aliphatic carbocycles. The number of fused-ring (bicyclic) bond motifs is 1. The SMILES string of the molecule is [C-]#[N+]C1(CC(=O)N2CCn3nc(-c4ccc(F)c(Cl)c4)c(C(N)=O)c3C2)CCOC1. The van der Waals surface area contributed by atoms with Crippen LogP contribution in [0.25, 0.3) is 16.1 Å². The van der Waals surface area contributed by atoms with Gasteiger partial charge in [-0.2, -0.15) is 5.10 Å². The van der Waals surface area contributed by atoms with Crippen molar-refractivity contribution in [1.29, 1.82) is 0 Å². The Bertz CT molecular complexity index is 1070. The lowest BCUT2D eigenvalue weighted by Gasteiger charge is -2.29.